The fraction of sp³-hybridized carbons (Fsp3) is 1.00. The molecule has 0 bridgehead atoms. The van der Waals surface area contributed by atoms with Crippen LogP contribution in [0.5, 0.6) is 0 Å². The zero-order chi connectivity index (χ0) is 8.93. The summed E-state index contributed by atoms with van der Waals surface area (Å²) < 4.78 is 11.3. The molecule has 2 saturated heterocycles. The van der Waals surface area contributed by atoms with E-state index >= 15 is 0 Å². The zero-order valence-electron chi connectivity index (χ0n) is 8.13. The number of nitrogens with one attached hydrogen (secondary N) is 1. The van der Waals surface area contributed by atoms with E-state index < -0.39 is 0 Å². The molecule has 0 aromatic carbocycles. The highest BCUT2D eigenvalue weighted by Gasteiger charge is 2.21. The highest BCUT2D eigenvalue weighted by Crippen LogP contribution is 2.18. The molecule has 13 heavy (non-hydrogen) atoms. The summed E-state index contributed by atoms with van der Waals surface area (Å²) in [5.74, 6) is 0. The third-order valence-electron chi connectivity index (χ3n) is 2.76. The minimum atomic E-state index is 0.247. The van der Waals surface area contributed by atoms with Crippen molar-refractivity contribution in [3.63, 3.8) is 0 Å². The van der Waals surface area contributed by atoms with Gasteiger partial charge in [0.05, 0.1) is 6.10 Å². The Bertz CT molecular complexity index is 124. The Hall–Kier alpha value is -0.120. The molecule has 0 spiro atoms. The van der Waals surface area contributed by atoms with Gasteiger partial charge >= 0.3 is 0 Å². The van der Waals surface area contributed by atoms with Crippen LogP contribution in [0.25, 0.3) is 0 Å². The second kappa shape index (κ2) is 4.94. The minimum absolute atomic E-state index is 0.247. The molecule has 0 radical (unpaired) electrons. The summed E-state index contributed by atoms with van der Waals surface area (Å²) in [6, 6.07) is 0. The van der Waals surface area contributed by atoms with E-state index in [-0.39, 0.29) is 6.23 Å². The Morgan fingerprint density at radius 2 is 2.00 bits per heavy atom. The molecule has 0 aromatic heterocycles. The van der Waals surface area contributed by atoms with Crippen LogP contribution in [0, 0.1) is 0 Å². The maximum atomic E-state index is 5.66. The summed E-state index contributed by atoms with van der Waals surface area (Å²) >= 11 is 0. The molecule has 3 heteroatoms. The lowest BCUT2D eigenvalue weighted by atomic mass is 10.1. The van der Waals surface area contributed by atoms with Crippen molar-refractivity contribution in [1.82, 2.24) is 5.32 Å². The summed E-state index contributed by atoms with van der Waals surface area (Å²) in [7, 11) is 0. The summed E-state index contributed by atoms with van der Waals surface area (Å²) in [4.78, 5) is 0. The van der Waals surface area contributed by atoms with E-state index in [2.05, 4.69) is 5.32 Å². The van der Waals surface area contributed by atoms with Crippen LogP contribution in [-0.2, 0) is 9.47 Å². The SMILES string of the molecule is C1CCC(CC2NCCCO2)OC1. The highest BCUT2D eigenvalue weighted by atomic mass is 16.5. The summed E-state index contributed by atoms with van der Waals surface area (Å²) in [5, 5.41) is 3.36. The van der Waals surface area contributed by atoms with E-state index in [0.29, 0.717) is 6.10 Å². The molecule has 2 fully saturated rings. The molecule has 76 valence electrons. The standard InChI is InChI=1S/C10H19NO2/c1-2-6-12-9(4-1)8-10-11-5-3-7-13-10/h9-11H,1-8H2. The second-order valence-corrected chi connectivity index (χ2v) is 3.89. The van der Waals surface area contributed by atoms with Crippen molar-refractivity contribution in [3.05, 3.63) is 0 Å². The van der Waals surface area contributed by atoms with Gasteiger partial charge in [0.15, 0.2) is 0 Å². The largest absolute Gasteiger partial charge is 0.378 e. The minimum Gasteiger partial charge on any atom is -0.378 e. The molecule has 0 saturated carbocycles. The van der Waals surface area contributed by atoms with Gasteiger partial charge in [-0.25, -0.2) is 0 Å². The van der Waals surface area contributed by atoms with E-state index in [4.69, 9.17) is 9.47 Å². The van der Waals surface area contributed by atoms with Crippen molar-refractivity contribution in [2.24, 2.45) is 0 Å². The molecule has 2 atom stereocenters. The molecule has 1 N–H and O–H groups in total. The van der Waals surface area contributed by atoms with E-state index in [0.717, 1.165) is 32.6 Å². The predicted molar refractivity (Wildman–Crippen MR) is 50.6 cm³/mol. The first-order chi connectivity index (χ1) is 6.45. The predicted octanol–water partition coefficient (Wildman–Crippen LogP) is 1.28. The van der Waals surface area contributed by atoms with Gasteiger partial charge in [0.1, 0.15) is 6.23 Å². The van der Waals surface area contributed by atoms with Crippen LogP contribution in [0.15, 0.2) is 0 Å². The fourth-order valence-corrected chi connectivity index (χ4v) is 2.00. The van der Waals surface area contributed by atoms with Crippen LogP contribution < -0.4 is 5.32 Å². The second-order valence-electron chi connectivity index (χ2n) is 3.89. The van der Waals surface area contributed by atoms with Crippen molar-refractivity contribution < 1.29 is 9.47 Å². The molecule has 2 aliphatic heterocycles. The van der Waals surface area contributed by atoms with Gasteiger partial charge in [-0.2, -0.15) is 0 Å². The lowest BCUT2D eigenvalue weighted by Crippen LogP contribution is -2.41. The number of ether oxygens (including phenoxy) is 2. The number of hydrogen-bond acceptors (Lipinski definition) is 3. The average molecular weight is 185 g/mol. The first-order valence-electron chi connectivity index (χ1n) is 5.42. The Balaban J connectivity index is 1.69. The lowest BCUT2D eigenvalue weighted by Gasteiger charge is -2.29. The van der Waals surface area contributed by atoms with Gasteiger partial charge in [-0.05, 0) is 32.2 Å². The average Bonchev–Trinajstić information content (AvgIpc) is 2.21. The Morgan fingerprint density at radius 3 is 2.69 bits per heavy atom. The number of rotatable bonds is 2. The summed E-state index contributed by atoms with van der Waals surface area (Å²) in [5.41, 5.74) is 0. The Kier molecular flexibility index (Phi) is 3.58. The molecule has 2 aliphatic rings. The molecule has 2 heterocycles. The van der Waals surface area contributed by atoms with Gasteiger partial charge in [0, 0.05) is 19.6 Å². The summed E-state index contributed by atoms with van der Waals surface area (Å²) in [6.45, 7) is 2.94. The van der Waals surface area contributed by atoms with Crippen molar-refractivity contribution in [2.75, 3.05) is 19.8 Å². The fourth-order valence-electron chi connectivity index (χ4n) is 2.00. The number of hydrogen-bond donors (Lipinski definition) is 1. The van der Waals surface area contributed by atoms with Gasteiger partial charge in [-0.3, -0.25) is 5.32 Å². The van der Waals surface area contributed by atoms with Gasteiger partial charge < -0.3 is 9.47 Å². The molecular formula is C10H19NO2. The van der Waals surface area contributed by atoms with Crippen LogP contribution in [0.3, 0.4) is 0 Å². The zero-order valence-corrected chi connectivity index (χ0v) is 8.13. The molecular weight excluding hydrogens is 166 g/mol. The maximum absolute atomic E-state index is 5.66. The van der Waals surface area contributed by atoms with Crippen LogP contribution in [0.2, 0.25) is 0 Å². The third kappa shape index (κ3) is 2.93. The van der Waals surface area contributed by atoms with Crippen molar-refractivity contribution >= 4 is 0 Å². The Labute approximate surface area is 79.8 Å². The van der Waals surface area contributed by atoms with Crippen molar-refractivity contribution in [1.29, 1.82) is 0 Å². The van der Waals surface area contributed by atoms with E-state index in [9.17, 15) is 0 Å². The molecule has 3 nitrogen and oxygen atoms in total. The van der Waals surface area contributed by atoms with E-state index in [1.165, 1.54) is 19.3 Å². The monoisotopic (exact) mass is 185 g/mol. The van der Waals surface area contributed by atoms with E-state index in [1.54, 1.807) is 0 Å². The lowest BCUT2D eigenvalue weighted by molar-refractivity contribution is -0.0599. The molecule has 0 amide bonds. The van der Waals surface area contributed by atoms with Crippen molar-refractivity contribution in [2.45, 2.75) is 44.4 Å². The van der Waals surface area contributed by atoms with Crippen LogP contribution in [0.4, 0.5) is 0 Å². The van der Waals surface area contributed by atoms with Crippen molar-refractivity contribution in [3.8, 4) is 0 Å². The van der Waals surface area contributed by atoms with Gasteiger partial charge in [-0.15, -0.1) is 0 Å². The van der Waals surface area contributed by atoms with Crippen LogP contribution >= 0.6 is 0 Å². The van der Waals surface area contributed by atoms with Gasteiger partial charge in [-0.1, -0.05) is 0 Å². The van der Waals surface area contributed by atoms with Gasteiger partial charge in [0.25, 0.3) is 0 Å². The molecule has 0 aliphatic carbocycles. The smallest absolute Gasteiger partial charge is 0.110 e. The first kappa shape index (κ1) is 9.44. The summed E-state index contributed by atoms with van der Waals surface area (Å²) in [6.07, 6.45) is 6.61. The maximum Gasteiger partial charge on any atom is 0.110 e. The quantitative estimate of drug-likeness (QED) is 0.703. The molecule has 2 rings (SSSR count). The molecule has 2 unspecified atom stereocenters. The molecule has 0 aromatic rings. The van der Waals surface area contributed by atoms with Gasteiger partial charge in [0.2, 0.25) is 0 Å². The van der Waals surface area contributed by atoms with Crippen LogP contribution in [0.1, 0.15) is 32.1 Å². The first-order valence-corrected chi connectivity index (χ1v) is 5.42. The highest BCUT2D eigenvalue weighted by molar-refractivity contribution is 4.70. The van der Waals surface area contributed by atoms with E-state index in [1.807, 2.05) is 0 Å². The Morgan fingerprint density at radius 1 is 1.08 bits per heavy atom. The normalized spacial score (nSPS) is 36.0. The topological polar surface area (TPSA) is 30.5 Å². The van der Waals surface area contributed by atoms with Crippen LogP contribution in [-0.4, -0.2) is 32.1 Å². The third-order valence-corrected chi connectivity index (χ3v) is 2.76.